The van der Waals surface area contributed by atoms with Crippen molar-refractivity contribution in [2.75, 3.05) is 18.1 Å². The van der Waals surface area contributed by atoms with Crippen LogP contribution in [0, 0.1) is 11.8 Å². The molecule has 0 aliphatic carbocycles. The average molecular weight is 338 g/mol. The summed E-state index contributed by atoms with van der Waals surface area (Å²) in [4.78, 5) is 1.50. The minimum absolute atomic E-state index is 0.0000630. The van der Waals surface area contributed by atoms with Crippen molar-refractivity contribution in [3.8, 4) is 0 Å². The Balaban J connectivity index is 1.90. The zero-order valence-corrected chi connectivity index (χ0v) is 16.0. The first-order chi connectivity index (χ1) is 11.0. The molecule has 1 heterocycles. The van der Waals surface area contributed by atoms with Crippen molar-refractivity contribution >= 4 is 10.9 Å². The molecular weight excluding hydrogens is 304 g/mol. The fraction of sp³-hybridized carbons (Fsp3) is 0.700. The fourth-order valence-electron chi connectivity index (χ4n) is 2.88. The number of rotatable bonds is 8. The first-order valence-electron chi connectivity index (χ1n) is 9.04. The molecule has 0 spiro atoms. The second-order valence-corrected chi connectivity index (χ2v) is 9.49. The van der Waals surface area contributed by atoms with E-state index in [0.29, 0.717) is 17.5 Å². The zero-order valence-electron chi connectivity index (χ0n) is 15.2. The monoisotopic (exact) mass is 337 g/mol. The van der Waals surface area contributed by atoms with Gasteiger partial charge in [-0.05, 0) is 48.8 Å². The van der Waals surface area contributed by atoms with E-state index in [1.807, 2.05) is 0 Å². The Morgan fingerprint density at radius 2 is 1.70 bits per heavy atom. The maximum atomic E-state index is 5.88. The molecule has 1 unspecified atom stereocenters. The van der Waals surface area contributed by atoms with Gasteiger partial charge in [0.2, 0.25) is 0 Å². The van der Waals surface area contributed by atoms with Crippen molar-refractivity contribution < 1.29 is 9.47 Å². The normalized spacial score (nSPS) is 19.0. The lowest BCUT2D eigenvalue weighted by Crippen LogP contribution is -2.22. The van der Waals surface area contributed by atoms with Crippen LogP contribution in [0.15, 0.2) is 29.2 Å². The molecular formula is C20H33O2S+. The molecule has 0 saturated carbocycles. The Bertz CT molecular complexity index is 425. The van der Waals surface area contributed by atoms with Crippen molar-refractivity contribution in [3.63, 3.8) is 0 Å². The van der Waals surface area contributed by atoms with Crippen LogP contribution >= 0.6 is 0 Å². The Morgan fingerprint density at radius 3 is 2.22 bits per heavy atom. The Labute approximate surface area is 145 Å². The summed E-state index contributed by atoms with van der Waals surface area (Å²) in [6, 6.07) is 9.10. The van der Waals surface area contributed by atoms with E-state index in [2.05, 4.69) is 52.0 Å². The molecule has 1 aromatic carbocycles. The van der Waals surface area contributed by atoms with Crippen LogP contribution in [0.5, 0.6) is 0 Å². The SMILES string of the molecule is CC(C)C[S+](CC(C)C)c1ccc(COC2CCCCO2)cc1. The zero-order chi connectivity index (χ0) is 16.7. The van der Waals surface area contributed by atoms with Crippen molar-refractivity contribution in [3.05, 3.63) is 29.8 Å². The molecule has 1 aromatic rings. The van der Waals surface area contributed by atoms with Gasteiger partial charge in [0.1, 0.15) is 11.5 Å². The van der Waals surface area contributed by atoms with E-state index in [4.69, 9.17) is 9.47 Å². The second-order valence-electron chi connectivity index (χ2n) is 7.36. The van der Waals surface area contributed by atoms with Crippen molar-refractivity contribution in [1.82, 2.24) is 0 Å². The third-order valence-electron chi connectivity index (χ3n) is 3.90. The van der Waals surface area contributed by atoms with Gasteiger partial charge in [-0.1, -0.05) is 39.8 Å². The third-order valence-corrected chi connectivity index (χ3v) is 6.98. The predicted molar refractivity (Wildman–Crippen MR) is 99.9 cm³/mol. The topological polar surface area (TPSA) is 18.5 Å². The van der Waals surface area contributed by atoms with E-state index in [9.17, 15) is 0 Å². The summed E-state index contributed by atoms with van der Waals surface area (Å²) in [6.07, 6.45) is 3.42. The summed E-state index contributed by atoms with van der Waals surface area (Å²) in [6.45, 7) is 10.8. The molecule has 1 fully saturated rings. The maximum Gasteiger partial charge on any atom is 0.158 e. The van der Waals surface area contributed by atoms with Gasteiger partial charge in [0.05, 0.1) is 6.61 Å². The Morgan fingerprint density at radius 1 is 1.04 bits per heavy atom. The lowest BCUT2D eigenvalue weighted by Gasteiger charge is -2.22. The van der Waals surface area contributed by atoms with E-state index in [1.54, 1.807) is 0 Å². The van der Waals surface area contributed by atoms with Gasteiger partial charge in [-0.15, -0.1) is 0 Å². The highest BCUT2D eigenvalue weighted by Crippen LogP contribution is 2.21. The van der Waals surface area contributed by atoms with Gasteiger partial charge >= 0.3 is 0 Å². The van der Waals surface area contributed by atoms with Crippen LogP contribution in [0.1, 0.15) is 52.5 Å². The Kier molecular flexibility index (Phi) is 7.94. The maximum absolute atomic E-state index is 5.88. The van der Waals surface area contributed by atoms with E-state index < -0.39 is 0 Å². The molecule has 2 rings (SSSR count). The van der Waals surface area contributed by atoms with Crippen LogP contribution in [0.2, 0.25) is 0 Å². The summed E-state index contributed by atoms with van der Waals surface area (Å²) in [5.41, 5.74) is 1.25. The van der Waals surface area contributed by atoms with Gasteiger partial charge in [-0.25, -0.2) is 0 Å². The lowest BCUT2D eigenvalue weighted by atomic mass is 10.2. The van der Waals surface area contributed by atoms with Gasteiger partial charge in [0, 0.05) is 17.5 Å². The number of benzene rings is 1. The molecule has 23 heavy (non-hydrogen) atoms. The van der Waals surface area contributed by atoms with Gasteiger partial charge in [-0.2, -0.15) is 0 Å². The number of hydrogen-bond acceptors (Lipinski definition) is 2. The van der Waals surface area contributed by atoms with Crippen molar-refractivity contribution in [1.29, 1.82) is 0 Å². The molecule has 1 saturated heterocycles. The number of ether oxygens (including phenoxy) is 2. The molecule has 0 radical (unpaired) electrons. The van der Waals surface area contributed by atoms with Crippen molar-refractivity contribution in [2.24, 2.45) is 11.8 Å². The summed E-state index contributed by atoms with van der Waals surface area (Å²) >= 11 is 0. The van der Waals surface area contributed by atoms with Gasteiger partial charge in [0.15, 0.2) is 11.2 Å². The standard InChI is InChI=1S/C20H33O2S/c1-16(2)14-23(15-17(3)4)19-10-8-18(9-11-19)13-22-20-7-5-6-12-21-20/h8-11,16-17,20H,5-7,12-15H2,1-4H3/q+1. The van der Waals surface area contributed by atoms with Gasteiger partial charge in [0.25, 0.3) is 0 Å². The van der Waals surface area contributed by atoms with Crippen LogP contribution in [-0.4, -0.2) is 24.4 Å². The van der Waals surface area contributed by atoms with Gasteiger partial charge < -0.3 is 9.47 Å². The summed E-state index contributed by atoms with van der Waals surface area (Å²) in [5.74, 6) is 4.10. The first-order valence-corrected chi connectivity index (χ1v) is 10.6. The highest BCUT2D eigenvalue weighted by atomic mass is 32.2. The van der Waals surface area contributed by atoms with Gasteiger partial charge in [-0.3, -0.25) is 0 Å². The van der Waals surface area contributed by atoms with Crippen LogP contribution in [0.4, 0.5) is 0 Å². The summed E-state index contributed by atoms with van der Waals surface area (Å²) in [7, 11) is 0.370. The average Bonchev–Trinajstić information content (AvgIpc) is 2.53. The van der Waals surface area contributed by atoms with Crippen LogP contribution in [0.25, 0.3) is 0 Å². The molecule has 1 aliphatic heterocycles. The molecule has 0 aromatic heterocycles. The summed E-state index contributed by atoms with van der Waals surface area (Å²) < 4.78 is 11.5. The molecule has 130 valence electrons. The third kappa shape index (κ3) is 6.86. The molecule has 0 N–H and O–H groups in total. The molecule has 3 heteroatoms. The largest absolute Gasteiger partial charge is 0.353 e. The predicted octanol–water partition coefficient (Wildman–Crippen LogP) is 5.02. The molecule has 0 bridgehead atoms. The highest BCUT2D eigenvalue weighted by molar-refractivity contribution is 7.96. The quantitative estimate of drug-likeness (QED) is 0.620. The highest BCUT2D eigenvalue weighted by Gasteiger charge is 2.24. The fourth-order valence-corrected chi connectivity index (χ4v) is 5.53. The molecule has 0 amide bonds. The van der Waals surface area contributed by atoms with Crippen molar-refractivity contribution in [2.45, 2.75) is 64.7 Å². The second kappa shape index (κ2) is 9.71. The van der Waals surface area contributed by atoms with Crippen LogP contribution in [0.3, 0.4) is 0 Å². The van der Waals surface area contributed by atoms with E-state index in [1.165, 1.54) is 34.8 Å². The lowest BCUT2D eigenvalue weighted by molar-refractivity contribution is -0.168. The summed E-state index contributed by atoms with van der Waals surface area (Å²) in [5, 5.41) is 0. The number of hydrogen-bond donors (Lipinski definition) is 0. The molecule has 1 atom stereocenters. The van der Waals surface area contributed by atoms with E-state index in [-0.39, 0.29) is 6.29 Å². The van der Waals surface area contributed by atoms with Crippen LogP contribution in [-0.2, 0) is 27.0 Å². The molecule has 1 aliphatic rings. The van der Waals surface area contributed by atoms with E-state index in [0.717, 1.165) is 24.9 Å². The Hall–Kier alpha value is -0.510. The minimum atomic E-state index is -0.0000630. The molecule has 2 nitrogen and oxygen atoms in total. The smallest absolute Gasteiger partial charge is 0.158 e. The first kappa shape index (κ1) is 18.8. The van der Waals surface area contributed by atoms with Crippen LogP contribution < -0.4 is 0 Å². The van der Waals surface area contributed by atoms with E-state index >= 15 is 0 Å². The minimum Gasteiger partial charge on any atom is -0.353 e.